The summed E-state index contributed by atoms with van der Waals surface area (Å²) in [7, 11) is 0. The predicted molar refractivity (Wildman–Crippen MR) is 83.0 cm³/mol. The lowest BCUT2D eigenvalue weighted by atomic mass is 9.92. The highest BCUT2D eigenvalue weighted by Gasteiger charge is 2.30. The lowest BCUT2D eigenvalue weighted by molar-refractivity contribution is -0.122. The minimum Gasteiger partial charge on any atom is -0.391 e. The van der Waals surface area contributed by atoms with E-state index >= 15 is 0 Å². The van der Waals surface area contributed by atoms with Gasteiger partial charge in [-0.15, -0.1) is 0 Å². The molecule has 0 heterocycles. The topological polar surface area (TPSA) is 55.1 Å². The average Bonchev–Trinajstić information content (AvgIpc) is 2.43. The first kappa shape index (κ1) is 15.6. The van der Waals surface area contributed by atoms with Crippen LogP contribution in [0, 0.1) is 0 Å². The lowest BCUT2D eigenvalue weighted by Gasteiger charge is -2.31. The summed E-state index contributed by atoms with van der Waals surface area (Å²) in [5, 5.41) is 2.99. The standard InChI is InChI=1S/C15H22N2OS/c1-3-15(4-2,14(16)19)17-13(18)11-10-12-8-6-5-7-9-12/h5-9H,3-4,10-11H2,1-2H3,(H2,16,19)(H,17,18). The zero-order valence-electron chi connectivity index (χ0n) is 11.6. The fourth-order valence-electron chi connectivity index (χ4n) is 2.07. The summed E-state index contributed by atoms with van der Waals surface area (Å²) in [5.74, 6) is 0.000327. The Balaban J connectivity index is 2.57. The van der Waals surface area contributed by atoms with E-state index in [9.17, 15) is 4.79 Å². The fourth-order valence-corrected chi connectivity index (χ4v) is 2.41. The van der Waals surface area contributed by atoms with Crippen molar-refractivity contribution in [3.05, 3.63) is 35.9 Å². The summed E-state index contributed by atoms with van der Waals surface area (Å²) in [6.45, 7) is 3.97. The van der Waals surface area contributed by atoms with Gasteiger partial charge in [0.1, 0.15) is 0 Å². The van der Waals surface area contributed by atoms with Gasteiger partial charge in [-0.1, -0.05) is 56.4 Å². The van der Waals surface area contributed by atoms with Crippen LogP contribution in [-0.4, -0.2) is 16.4 Å². The minimum atomic E-state index is -0.539. The molecule has 3 N–H and O–H groups in total. The van der Waals surface area contributed by atoms with Gasteiger partial charge in [-0.3, -0.25) is 4.79 Å². The van der Waals surface area contributed by atoms with Crippen molar-refractivity contribution in [1.29, 1.82) is 0 Å². The smallest absolute Gasteiger partial charge is 0.221 e. The Morgan fingerprint density at radius 2 is 1.84 bits per heavy atom. The number of benzene rings is 1. The van der Waals surface area contributed by atoms with Gasteiger partial charge in [0, 0.05) is 6.42 Å². The maximum atomic E-state index is 12.0. The van der Waals surface area contributed by atoms with Crippen LogP contribution < -0.4 is 11.1 Å². The molecule has 0 unspecified atom stereocenters. The zero-order chi connectivity index (χ0) is 14.3. The molecule has 0 bridgehead atoms. The van der Waals surface area contributed by atoms with Crippen molar-refractivity contribution in [2.24, 2.45) is 5.73 Å². The maximum absolute atomic E-state index is 12.0. The first-order valence-corrected chi connectivity index (χ1v) is 7.09. The Bertz CT molecular complexity index is 427. The normalized spacial score (nSPS) is 11.1. The molecular formula is C15H22N2OS. The Labute approximate surface area is 120 Å². The Morgan fingerprint density at radius 3 is 2.32 bits per heavy atom. The molecule has 0 fully saturated rings. The van der Waals surface area contributed by atoms with Gasteiger partial charge in [0.2, 0.25) is 5.91 Å². The second-order valence-corrected chi connectivity index (χ2v) is 5.13. The van der Waals surface area contributed by atoms with E-state index in [0.717, 1.165) is 24.8 Å². The van der Waals surface area contributed by atoms with Gasteiger partial charge >= 0.3 is 0 Å². The summed E-state index contributed by atoms with van der Waals surface area (Å²) >= 11 is 5.09. The van der Waals surface area contributed by atoms with Crippen LogP contribution >= 0.6 is 12.2 Å². The maximum Gasteiger partial charge on any atom is 0.221 e. The largest absolute Gasteiger partial charge is 0.391 e. The van der Waals surface area contributed by atoms with Crippen LogP contribution in [0.2, 0.25) is 0 Å². The minimum absolute atomic E-state index is 0.000327. The Kier molecular flexibility index (Phi) is 5.96. The Hall–Kier alpha value is -1.42. The van der Waals surface area contributed by atoms with E-state index in [4.69, 9.17) is 18.0 Å². The predicted octanol–water partition coefficient (Wildman–Crippen LogP) is 2.58. The molecule has 104 valence electrons. The van der Waals surface area contributed by atoms with Crippen LogP contribution in [0.3, 0.4) is 0 Å². The molecule has 0 radical (unpaired) electrons. The molecule has 0 atom stereocenters. The number of nitrogens with one attached hydrogen (secondary N) is 1. The van der Waals surface area contributed by atoms with Crippen LogP contribution in [0.1, 0.15) is 38.7 Å². The number of rotatable bonds is 7. The van der Waals surface area contributed by atoms with Crippen molar-refractivity contribution in [1.82, 2.24) is 5.32 Å². The molecule has 0 aromatic heterocycles. The average molecular weight is 278 g/mol. The lowest BCUT2D eigenvalue weighted by Crippen LogP contribution is -2.56. The molecule has 1 aromatic carbocycles. The van der Waals surface area contributed by atoms with E-state index in [1.807, 2.05) is 44.2 Å². The molecular weight excluding hydrogens is 256 g/mol. The first-order chi connectivity index (χ1) is 9.04. The van der Waals surface area contributed by atoms with E-state index < -0.39 is 5.54 Å². The molecule has 0 spiro atoms. The molecule has 3 nitrogen and oxygen atoms in total. The van der Waals surface area contributed by atoms with Gasteiger partial charge < -0.3 is 11.1 Å². The van der Waals surface area contributed by atoms with E-state index in [0.29, 0.717) is 11.4 Å². The second kappa shape index (κ2) is 7.24. The van der Waals surface area contributed by atoms with Crippen molar-refractivity contribution in [3.63, 3.8) is 0 Å². The molecule has 0 aliphatic carbocycles. The molecule has 1 amide bonds. The van der Waals surface area contributed by atoms with Crippen LogP contribution in [-0.2, 0) is 11.2 Å². The highest BCUT2D eigenvalue weighted by molar-refractivity contribution is 7.80. The molecule has 4 heteroatoms. The summed E-state index contributed by atoms with van der Waals surface area (Å²) in [6.07, 6.45) is 2.62. The second-order valence-electron chi connectivity index (χ2n) is 4.69. The van der Waals surface area contributed by atoms with Crippen molar-refractivity contribution in [2.45, 2.75) is 45.1 Å². The molecule has 0 saturated carbocycles. The van der Waals surface area contributed by atoms with Gasteiger partial charge in [0.15, 0.2) is 0 Å². The van der Waals surface area contributed by atoms with Crippen molar-refractivity contribution in [3.8, 4) is 0 Å². The molecule has 1 aromatic rings. The van der Waals surface area contributed by atoms with Crippen molar-refractivity contribution >= 4 is 23.1 Å². The SMILES string of the molecule is CCC(CC)(NC(=O)CCc1ccccc1)C(N)=S. The summed E-state index contributed by atoms with van der Waals surface area (Å²) in [4.78, 5) is 12.4. The van der Waals surface area contributed by atoms with Crippen LogP contribution in [0.25, 0.3) is 0 Å². The molecule has 1 rings (SSSR count). The number of carbonyl (C=O) groups is 1. The van der Waals surface area contributed by atoms with Crippen LogP contribution in [0.15, 0.2) is 30.3 Å². The highest BCUT2D eigenvalue weighted by atomic mass is 32.1. The van der Waals surface area contributed by atoms with E-state index in [1.54, 1.807) is 0 Å². The zero-order valence-corrected chi connectivity index (χ0v) is 12.4. The number of aryl methyl sites for hydroxylation is 1. The third-order valence-electron chi connectivity index (χ3n) is 3.54. The van der Waals surface area contributed by atoms with E-state index in [2.05, 4.69) is 5.32 Å². The number of nitrogens with two attached hydrogens (primary N) is 1. The number of hydrogen-bond donors (Lipinski definition) is 2. The van der Waals surface area contributed by atoms with Gasteiger partial charge in [-0.05, 0) is 24.8 Å². The summed E-state index contributed by atoms with van der Waals surface area (Å²) in [6, 6.07) is 9.96. The Morgan fingerprint density at radius 1 is 1.26 bits per heavy atom. The molecule has 19 heavy (non-hydrogen) atoms. The van der Waals surface area contributed by atoms with E-state index in [1.165, 1.54) is 0 Å². The van der Waals surface area contributed by atoms with Crippen molar-refractivity contribution in [2.75, 3.05) is 0 Å². The highest BCUT2D eigenvalue weighted by Crippen LogP contribution is 2.16. The number of carbonyl (C=O) groups excluding carboxylic acids is 1. The molecule has 0 aliphatic rings. The third kappa shape index (κ3) is 4.31. The van der Waals surface area contributed by atoms with E-state index in [-0.39, 0.29) is 5.91 Å². The number of hydrogen-bond acceptors (Lipinski definition) is 2. The van der Waals surface area contributed by atoms with Gasteiger partial charge in [-0.25, -0.2) is 0 Å². The third-order valence-corrected chi connectivity index (χ3v) is 3.93. The summed E-state index contributed by atoms with van der Waals surface area (Å²) in [5.41, 5.74) is 6.39. The van der Waals surface area contributed by atoms with Gasteiger partial charge in [0.05, 0.1) is 10.5 Å². The van der Waals surface area contributed by atoms with Crippen LogP contribution in [0.4, 0.5) is 0 Å². The summed E-state index contributed by atoms with van der Waals surface area (Å²) < 4.78 is 0. The van der Waals surface area contributed by atoms with Crippen LogP contribution in [0.5, 0.6) is 0 Å². The number of amides is 1. The fraction of sp³-hybridized carbons (Fsp3) is 0.467. The first-order valence-electron chi connectivity index (χ1n) is 6.69. The molecule has 0 aliphatic heterocycles. The quantitative estimate of drug-likeness (QED) is 0.754. The van der Waals surface area contributed by atoms with Gasteiger partial charge in [-0.2, -0.15) is 0 Å². The molecule has 0 saturated heterocycles. The van der Waals surface area contributed by atoms with Crippen molar-refractivity contribution < 1.29 is 4.79 Å². The monoisotopic (exact) mass is 278 g/mol. The number of thiocarbonyl (C=S) groups is 1. The van der Waals surface area contributed by atoms with Gasteiger partial charge in [0.25, 0.3) is 0 Å².